The van der Waals surface area contributed by atoms with Crippen LogP contribution in [-0.2, 0) is 0 Å². The number of rotatable bonds is 2. The summed E-state index contributed by atoms with van der Waals surface area (Å²) in [6.07, 6.45) is 1.53. The van der Waals surface area contributed by atoms with Crippen LogP contribution in [0.25, 0.3) is 0 Å². The summed E-state index contributed by atoms with van der Waals surface area (Å²) in [6, 6.07) is 6.26. The Labute approximate surface area is 111 Å². The van der Waals surface area contributed by atoms with Crippen LogP contribution in [-0.4, -0.2) is 24.3 Å². The van der Waals surface area contributed by atoms with Gasteiger partial charge in [-0.15, -0.1) is 0 Å². The summed E-state index contributed by atoms with van der Waals surface area (Å²) in [5.41, 5.74) is 8.37. The highest BCUT2D eigenvalue weighted by molar-refractivity contribution is 9.10. The largest absolute Gasteiger partial charge is 0.393 e. The van der Waals surface area contributed by atoms with Crippen molar-refractivity contribution >= 4 is 21.6 Å². The van der Waals surface area contributed by atoms with Crippen LogP contribution in [0.3, 0.4) is 0 Å². The summed E-state index contributed by atoms with van der Waals surface area (Å²) in [6.45, 7) is 3.81. The zero-order valence-corrected chi connectivity index (χ0v) is 11.7. The van der Waals surface area contributed by atoms with E-state index in [4.69, 9.17) is 5.73 Å². The molecule has 3 nitrogen and oxygen atoms in total. The van der Waals surface area contributed by atoms with Gasteiger partial charge in [0.25, 0.3) is 0 Å². The number of halogens is 1. The highest BCUT2D eigenvalue weighted by Crippen LogP contribution is 2.30. The van der Waals surface area contributed by atoms with Gasteiger partial charge >= 0.3 is 0 Å². The molecule has 0 amide bonds. The summed E-state index contributed by atoms with van der Waals surface area (Å²) in [5, 5.41) is 9.55. The SMILES string of the molecule is CC(N)c1ccc(Br)cc1N1CCC(O)CC1. The van der Waals surface area contributed by atoms with Crippen LogP contribution >= 0.6 is 15.9 Å². The van der Waals surface area contributed by atoms with Gasteiger partial charge in [0.15, 0.2) is 0 Å². The summed E-state index contributed by atoms with van der Waals surface area (Å²) < 4.78 is 1.07. The molecule has 0 radical (unpaired) electrons. The highest BCUT2D eigenvalue weighted by atomic mass is 79.9. The number of aliphatic hydroxyl groups excluding tert-OH is 1. The third kappa shape index (κ3) is 3.00. The molecular weight excluding hydrogens is 280 g/mol. The van der Waals surface area contributed by atoms with Gasteiger partial charge < -0.3 is 15.7 Å². The highest BCUT2D eigenvalue weighted by Gasteiger charge is 2.20. The zero-order chi connectivity index (χ0) is 12.4. The van der Waals surface area contributed by atoms with Gasteiger partial charge in [-0.1, -0.05) is 22.0 Å². The summed E-state index contributed by atoms with van der Waals surface area (Å²) in [4.78, 5) is 2.32. The van der Waals surface area contributed by atoms with Crippen molar-refractivity contribution in [2.75, 3.05) is 18.0 Å². The average molecular weight is 299 g/mol. The molecule has 94 valence electrons. The van der Waals surface area contributed by atoms with E-state index >= 15 is 0 Å². The molecule has 17 heavy (non-hydrogen) atoms. The van der Waals surface area contributed by atoms with Crippen LogP contribution in [0.15, 0.2) is 22.7 Å². The lowest BCUT2D eigenvalue weighted by atomic mass is 10.0. The smallest absolute Gasteiger partial charge is 0.0574 e. The third-order valence-electron chi connectivity index (χ3n) is 3.29. The molecule has 1 aromatic rings. The Bertz CT molecular complexity index is 387. The van der Waals surface area contributed by atoms with E-state index in [2.05, 4.69) is 33.0 Å². The minimum atomic E-state index is -0.142. The van der Waals surface area contributed by atoms with Gasteiger partial charge in [0, 0.05) is 29.3 Å². The molecule has 1 heterocycles. The maximum Gasteiger partial charge on any atom is 0.0574 e. The lowest BCUT2D eigenvalue weighted by Gasteiger charge is -2.33. The Morgan fingerprint density at radius 2 is 2.06 bits per heavy atom. The minimum absolute atomic E-state index is 0.0324. The van der Waals surface area contributed by atoms with E-state index in [1.165, 1.54) is 11.3 Å². The minimum Gasteiger partial charge on any atom is -0.393 e. The molecular formula is C13H19BrN2O. The number of piperidine rings is 1. The van der Waals surface area contributed by atoms with Gasteiger partial charge in [0.05, 0.1) is 6.10 Å². The third-order valence-corrected chi connectivity index (χ3v) is 3.78. The first kappa shape index (κ1) is 12.9. The molecule has 1 aliphatic heterocycles. The van der Waals surface area contributed by atoms with E-state index < -0.39 is 0 Å². The van der Waals surface area contributed by atoms with Crippen LogP contribution in [0, 0.1) is 0 Å². The van der Waals surface area contributed by atoms with Crippen molar-refractivity contribution in [3.05, 3.63) is 28.2 Å². The van der Waals surface area contributed by atoms with Gasteiger partial charge in [-0.05, 0) is 37.5 Å². The van der Waals surface area contributed by atoms with Crippen LogP contribution < -0.4 is 10.6 Å². The summed E-state index contributed by atoms with van der Waals surface area (Å²) >= 11 is 3.51. The Morgan fingerprint density at radius 1 is 1.41 bits per heavy atom. The number of hydrogen-bond donors (Lipinski definition) is 2. The monoisotopic (exact) mass is 298 g/mol. The Balaban J connectivity index is 2.26. The van der Waals surface area contributed by atoms with Crippen molar-refractivity contribution in [1.29, 1.82) is 0 Å². The Kier molecular flexibility index (Phi) is 4.07. The average Bonchev–Trinajstić information content (AvgIpc) is 2.29. The van der Waals surface area contributed by atoms with E-state index in [0.29, 0.717) is 0 Å². The predicted octanol–water partition coefficient (Wildman–Crippen LogP) is 2.43. The molecule has 4 heteroatoms. The number of benzene rings is 1. The van der Waals surface area contributed by atoms with Crippen molar-refractivity contribution in [1.82, 2.24) is 0 Å². The van der Waals surface area contributed by atoms with Gasteiger partial charge in [-0.2, -0.15) is 0 Å². The van der Waals surface area contributed by atoms with Gasteiger partial charge in [0.1, 0.15) is 0 Å². The van der Waals surface area contributed by atoms with Crippen LogP contribution in [0.1, 0.15) is 31.4 Å². The summed E-state index contributed by atoms with van der Waals surface area (Å²) in [5.74, 6) is 0. The first-order valence-electron chi connectivity index (χ1n) is 6.06. The molecule has 1 atom stereocenters. The fourth-order valence-electron chi connectivity index (χ4n) is 2.28. The molecule has 1 aromatic carbocycles. The quantitative estimate of drug-likeness (QED) is 0.882. The van der Waals surface area contributed by atoms with Gasteiger partial charge in [-0.25, -0.2) is 0 Å². The lowest BCUT2D eigenvalue weighted by Crippen LogP contribution is -2.36. The van der Waals surface area contributed by atoms with E-state index in [1.54, 1.807) is 0 Å². The van der Waals surface area contributed by atoms with E-state index in [9.17, 15) is 5.11 Å². The second-order valence-electron chi connectivity index (χ2n) is 4.71. The molecule has 0 aliphatic carbocycles. The topological polar surface area (TPSA) is 49.5 Å². The number of anilines is 1. The molecule has 3 N–H and O–H groups in total. The molecule has 1 unspecified atom stereocenters. The number of aliphatic hydroxyl groups is 1. The van der Waals surface area contributed by atoms with Crippen LogP contribution in [0.5, 0.6) is 0 Å². The van der Waals surface area contributed by atoms with Crippen molar-refractivity contribution in [3.8, 4) is 0 Å². The molecule has 1 saturated heterocycles. The molecule has 0 bridgehead atoms. The number of nitrogens with zero attached hydrogens (tertiary/aromatic N) is 1. The van der Waals surface area contributed by atoms with Crippen LogP contribution in [0.2, 0.25) is 0 Å². The fraction of sp³-hybridized carbons (Fsp3) is 0.538. The van der Waals surface area contributed by atoms with Gasteiger partial charge in [-0.3, -0.25) is 0 Å². The first-order chi connectivity index (χ1) is 8.08. The number of nitrogens with two attached hydrogens (primary N) is 1. The fourth-order valence-corrected chi connectivity index (χ4v) is 2.63. The normalized spacial score (nSPS) is 19.4. The van der Waals surface area contributed by atoms with Crippen molar-refractivity contribution in [2.24, 2.45) is 5.73 Å². The van der Waals surface area contributed by atoms with Crippen molar-refractivity contribution < 1.29 is 5.11 Å². The lowest BCUT2D eigenvalue weighted by molar-refractivity contribution is 0.145. The standard InChI is InChI=1S/C13H19BrN2O/c1-9(15)12-3-2-10(14)8-13(12)16-6-4-11(17)5-7-16/h2-3,8-9,11,17H,4-7,15H2,1H3. The zero-order valence-electron chi connectivity index (χ0n) is 10.1. The van der Waals surface area contributed by atoms with E-state index in [1.807, 2.05) is 13.0 Å². The van der Waals surface area contributed by atoms with Gasteiger partial charge in [0.2, 0.25) is 0 Å². The maximum atomic E-state index is 9.55. The van der Waals surface area contributed by atoms with E-state index in [0.717, 1.165) is 30.4 Å². The Hall–Kier alpha value is -0.580. The predicted molar refractivity (Wildman–Crippen MR) is 74.2 cm³/mol. The Morgan fingerprint density at radius 3 is 2.65 bits per heavy atom. The molecule has 0 saturated carbocycles. The van der Waals surface area contributed by atoms with Crippen molar-refractivity contribution in [2.45, 2.75) is 31.9 Å². The van der Waals surface area contributed by atoms with Crippen molar-refractivity contribution in [3.63, 3.8) is 0 Å². The second kappa shape index (κ2) is 5.38. The molecule has 1 fully saturated rings. The van der Waals surface area contributed by atoms with E-state index in [-0.39, 0.29) is 12.1 Å². The second-order valence-corrected chi connectivity index (χ2v) is 5.63. The molecule has 0 spiro atoms. The molecule has 2 rings (SSSR count). The molecule has 0 aromatic heterocycles. The maximum absolute atomic E-state index is 9.55. The number of hydrogen-bond acceptors (Lipinski definition) is 3. The summed E-state index contributed by atoms with van der Waals surface area (Å²) in [7, 11) is 0. The molecule has 1 aliphatic rings. The first-order valence-corrected chi connectivity index (χ1v) is 6.85. The van der Waals surface area contributed by atoms with Crippen LogP contribution in [0.4, 0.5) is 5.69 Å².